The summed E-state index contributed by atoms with van der Waals surface area (Å²) in [7, 11) is 0. The first-order valence-corrected chi connectivity index (χ1v) is 14.3. The van der Waals surface area contributed by atoms with Crippen LogP contribution in [-0.4, -0.2) is 26.6 Å². The van der Waals surface area contributed by atoms with Gasteiger partial charge in [0.25, 0.3) is 11.8 Å². The van der Waals surface area contributed by atoms with Crippen LogP contribution in [0.1, 0.15) is 37.0 Å². The molecule has 0 fully saturated rings. The van der Waals surface area contributed by atoms with E-state index in [1.165, 1.54) is 0 Å². The minimum atomic E-state index is -4.75. The van der Waals surface area contributed by atoms with Crippen LogP contribution in [0.2, 0.25) is 0 Å². The molecule has 0 aliphatic rings. The SMILES string of the molecule is Cc1ccc(-c2cc(C(F)(F)F)nc3sc(C(N)=O)c(NC(=O)c4c(-c5ccccc5)nn(-c5ccccc5)c4C)c23)cc1. The van der Waals surface area contributed by atoms with E-state index in [1.807, 2.05) is 67.6 Å². The molecular weight excluding hydrogens is 587 g/mol. The second kappa shape index (κ2) is 11.1. The quantitative estimate of drug-likeness (QED) is 0.201. The zero-order valence-corrected chi connectivity index (χ0v) is 24.3. The van der Waals surface area contributed by atoms with Gasteiger partial charge in [0.1, 0.15) is 21.1 Å². The number of nitrogens with zero attached hydrogens (tertiary/aromatic N) is 3. The van der Waals surface area contributed by atoms with Gasteiger partial charge in [0.05, 0.1) is 22.6 Å². The summed E-state index contributed by atoms with van der Waals surface area (Å²) < 4.78 is 43.5. The molecule has 3 aromatic carbocycles. The number of hydrogen-bond acceptors (Lipinski definition) is 5. The Morgan fingerprint density at radius 2 is 1.52 bits per heavy atom. The van der Waals surface area contributed by atoms with Crippen LogP contribution in [0.25, 0.3) is 38.3 Å². The minimum Gasteiger partial charge on any atom is -0.365 e. The minimum absolute atomic E-state index is 0.00910. The number of anilines is 1. The van der Waals surface area contributed by atoms with E-state index in [1.54, 1.807) is 35.9 Å². The topological polar surface area (TPSA) is 103 Å². The number of primary amides is 1. The van der Waals surface area contributed by atoms with Crippen LogP contribution in [0.3, 0.4) is 0 Å². The lowest BCUT2D eigenvalue weighted by Gasteiger charge is -2.13. The third-order valence-corrected chi connectivity index (χ3v) is 8.27. The predicted molar refractivity (Wildman–Crippen MR) is 165 cm³/mol. The van der Waals surface area contributed by atoms with Crippen LogP contribution in [0.4, 0.5) is 18.9 Å². The number of aromatic nitrogens is 3. The number of carbonyl (C=O) groups excluding carboxylic acids is 2. The molecule has 7 nitrogen and oxygen atoms in total. The van der Waals surface area contributed by atoms with Crippen LogP contribution in [0.15, 0.2) is 91.0 Å². The monoisotopic (exact) mass is 611 g/mol. The summed E-state index contributed by atoms with van der Waals surface area (Å²) in [6, 6.07) is 26.2. The number of nitrogens with one attached hydrogen (secondary N) is 1. The lowest BCUT2D eigenvalue weighted by atomic mass is 9.99. The number of alkyl halides is 3. The smallest absolute Gasteiger partial charge is 0.365 e. The Kier molecular flexibility index (Phi) is 7.26. The van der Waals surface area contributed by atoms with E-state index in [4.69, 9.17) is 10.8 Å². The van der Waals surface area contributed by atoms with Crippen LogP contribution >= 0.6 is 11.3 Å². The van der Waals surface area contributed by atoms with Gasteiger partial charge in [0, 0.05) is 10.9 Å². The number of halogens is 3. The lowest BCUT2D eigenvalue weighted by Crippen LogP contribution is -2.18. The molecule has 6 aromatic rings. The number of pyridine rings is 1. The molecule has 0 saturated heterocycles. The Balaban J connectivity index is 1.57. The molecule has 0 spiro atoms. The molecular formula is C33H24F3N5O2S. The highest BCUT2D eigenvalue weighted by Gasteiger charge is 2.35. The van der Waals surface area contributed by atoms with Crippen molar-refractivity contribution < 1.29 is 22.8 Å². The van der Waals surface area contributed by atoms with E-state index < -0.39 is 23.7 Å². The lowest BCUT2D eigenvalue weighted by molar-refractivity contribution is -0.140. The summed E-state index contributed by atoms with van der Waals surface area (Å²) in [6.07, 6.45) is -4.75. The van der Waals surface area contributed by atoms with E-state index in [-0.39, 0.29) is 31.9 Å². The van der Waals surface area contributed by atoms with Gasteiger partial charge in [-0.25, -0.2) is 9.67 Å². The van der Waals surface area contributed by atoms with Gasteiger partial charge in [0.15, 0.2) is 0 Å². The second-order valence-corrected chi connectivity index (χ2v) is 11.1. The molecule has 0 atom stereocenters. The Labute approximate surface area is 253 Å². The van der Waals surface area contributed by atoms with Crippen molar-refractivity contribution in [2.45, 2.75) is 20.0 Å². The number of carbonyl (C=O) groups is 2. The number of hydrogen-bond donors (Lipinski definition) is 2. The van der Waals surface area contributed by atoms with Crippen molar-refractivity contribution in [2.24, 2.45) is 5.73 Å². The Hall–Kier alpha value is -5.29. The van der Waals surface area contributed by atoms with Crippen molar-refractivity contribution >= 4 is 39.1 Å². The molecule has 0 radical (unpaired) electrons. The average Bonchev–Trinajstić information content (AvgIpc) is 3.55. The van der Waals surface area contributed by atoms with Gasteiger partial charge in [-0.15, -0.1) is 11.3 Å². The van der Waals surface area contributed by atoms with Crippen LogP contribution in [0, 0.1) is 13.8 Å². The number of rotatable bonds is 6. The van der Waals surface area contributed by atoms with Gasteiger partial charge in [0.2, 0.25) is 0 Å². The zero-order chi connectivity index (χ0) is 31.2. The molecule has 3 heterocycles. The first kappa shape index (κ1) is 28.8. The van der Waals surface area contributed by atoms with E-state index >= 15 is 0 Å². The van der Waals surface area contributed by atoms with Crippen LogP contribution < -0.4 is 11.1 Å². The first-order chi connectivity index (χ1) is 21.0. The molecule has 0 saturated carbocycles. The third kappa shape index (κ3) is 5.22. The number of para-hydroxylation sites is 1. The fourth-order valence-corrected chi connectivity index (χ4v) is 6.07. The highest BCUT2D eigenvalue weighted by Crippen LogP contribution is 2.44. The predicted octanol–water partition coefficient (Wildman–Crippen LogP) is 7.80. The molecule has 2 amide bonds. The normalized spacial score (nSPS) is 11.6. The fourth-order valence-electron chi connectivity index (χ4n) is 5.07. The van der Waals surface area contributed by atoms with Crippen molar-refractivity contribution in [1.82, 2.24) is 14.8 Å². The summed E-state index contributed by atoms with van der Waals surface area (Å²) in [5.41, 5.74) is 8.64. The van der Waals surface area contributed by atoms with Crippen molar-refractivity contribution in [2.75, 3.05) is 5.32 Å². The molecule has 11 heteroatoms. The zero-order valence-electron chi connectivity index (χ0n) is 23.4. The number of nitrogens with two attached hydrogens (primary N) is 1. The number of aryl methyl sites for hydroxylation is 1. The molecule has 3 N–H and O–H groups in total. The molecule has 0 aliphatic carbocycles. The highest BCUT2D eigenvalue weighted by molar-refractivity contribution is 7.21. The number of benzene rings is 3. The molecule has 6 rings (SSSR count). The summed E-state index contributed by atoms with van der Waals surface area (Å²) in [4.78, 5) is 30.5. The summed E-state index contributed by atoms with van der Waals surface area (Å²) in [5, 5.41) is 7.77. The largest absolute Gasteiger partial charge is 0.433 e. The average molecular weight is 612 g/mol. The Morgan fingerprint density at radius 3 is 2.14 bits per heavy atom. The Morgan fingerprint density at radius 1 is 0.886 bits per heavy atom. The molecule has 0 bridgehead atoms. The van der Waals surface area contributed by atoms with E-state index in [2.05, 4.69) is 10.3 Å². The molecule has 0 unspecified atom stereocenters. The Bertz CT molecular complexity index is 2030. The van der Waals surface area contributed by atoms with Gasteiger partial charge < -0.3 is 11.1 Å². The van der Waals surface area contributed by atoms with E-state index in [0.29, 0.717) is 33.9 Å². The maximum Gasteiger partial charge on any atom is 0.433 e. The van der Waals surface area contributed by atoms with Crippen molar-refractivity contribution in [3.63, 3.8) is 0 Å². The van der Waals surface area contributed by atoms with Crippen LogP contribution in [0.5, 0.6) is 0 Å². The number of amides is 2. The van der Waals surface area contributed by atoms with Crippen molar-refractivity contribution in [3.8, 4) is 28.1 Å². The third-order valence-electron chi connectivity index (χ3n) is 7.17. The fraction of sp³-hybridized carbons (Fsp3) is 0.0909. The van der Waals surface area contributed by atoms with Crippen LogP contribution in [-0.2, 0) is 6.18 Å². The second-order valence-electron chi connectivity index (χ2n) is 10.1. The van der Waals surface area contributed by atoms with E-state index in [9.17, 15) is 22.8 Å². The van der Waals surface area contributed by atoms with Crippen molar-refractivity contribution in [1.29, 1.82) is 0 Å². The highest BCUT2D eigenvalue weighted by atomic mass is 32.1. The maximum atomic E-state index is 14.2. The summed E-state index contributed by atoms with van der Waals surface area (Å²) in [6.45, 7) is 3.60. The van der Waals surface area contributed by atoms with Gasteiger partial charge >= 0.3 is 6.18 Å². The van der Waals surface area contributed by atoms with Gasteiger partial charge in [-0.1, -0.05) is 78.4 Å². The number of thiophene rings is 1. The van der Waals surface area contributed by atoms with Gasteiger partial charge in [-0.05, 0) is 43.2 Å². The number of fused-ring (bicyclic) bond motifs is 1. The molecule has 44 heavy (non-hydrogen) atoms. The van der Waals surface area contributed by atoms with E-state index in [0.717, 1.165) is 17.3 Å². The molecule has 0 aliphatic heterocycles. The van der Waals surface area contributed by atoms with Crippen molar-refractivity contribution in [3.05, 3.63) is 118 Å². The maximum absolute atomic E-state index is 14.2. The standard InChI is InChI=1S/C33H24F3N5O2S/c1-18-13-15-20(16-14-18)23-17-24(33(34,35)36)38-32-26(23)28(29(44-32)30(37)42)39-31(43)25-19(2)41(22-11-7-4-8-12-22)40-27(25)21-9-5-3-6-10-21/h3-17H,1-2H3,(H2,37,42)(H,39,43). The molecule has 220 valence electrons. The molecule has 3 aromatic heterocycles. The first-order valence-electron chi connectivity index (χ1n) is 13.5. The summed E-state index contributed by atoms with van der Waals surface area (Å²) in [5.74, 6) is -1.52. The summed E-state index contributed by atoms with van der Waals surface area (Å²) >= 11 is 0.697. The van der Waals surface area contributed by atoms with Gasteiger partial charge in [-0.3, -0.25) is 9.59 Å². The van der Waals surface area contributed by atoms with Gasteiger partial charge in [-0.2, -0.15) is 18.3 Å².